The molecule has 1 nitrogen and oxygen atoms in total. The lowest BCUT2D eigenvalue weighted by Crippen LogP contribution is -1.89. The maximum absolute atomic E-state index is 10.5. The van der Waals surface area contributed by atoms with Crippen molar-refractivity contribution < 1.29 is 5.11 Å². The summed E-state index contributed by atoms with van der Waals surface area (Å²) in [7, 11) is 0. The topological polar surface area (TPSA) is 20.2 Å². The first kappa shape index (κ1) is 12.9. The Labute approximate surface area is 129 Å². The fraction of sp³-hybridized carbons (Fsp3) is 0.0476. The fourth-order valence-electron chi connectivity index (χ4n) is 3.24. The largest absolute Gasteiger partial charge is 0.507 e. The third kappa shape index (κ3) is 1.86. The van der Waals surface area contributed by atoms with E-state index in [4.69, 9.17) is 0 Å². The van der Waals surface area contributed by atoms with E-state index >= 15 is 0 Å². The van der Waals surface area contributed by atoms with Crippen molar-refractivity contribution in [1.29, 1.82) is 0 Å². The summed E-state index contributed by atoms with van der Waals surface area (Å²) in [5, 5.41) is 15.1. The van der Waals surface area contributed by atoms with Crippen molar-refractivity contribution in [3.8, 4) is 16.9 Å². The summed E-state index contributed by atoms with van der Waals surface area (Å²) in [6.45, 7) is 2.10. The molecular weight excluding hydrogens is 268 g/mol. The molecule has 4 aromatic carbocycles. The molecule has 0 radical (unpaired) electrons. The van der Waals surface area contributed by atoms with Crippen LogP contribution in [-0.2, 0) is 0 Å². The summed E-state index contributed by atoms with van der Waals surface area (Å²) < 4.78 is 0. The minimum atomic E-state index is 0.332. The lowest BCUT2D eigenvalue weighted by atomic mass is 9.90. The van der Waals surface area contributed by atoms with Crippen LogP contribution in [0.4, 0.5) is 0 Å². The molecule has 0 spiro atoms. The highest BCUT2D eigenvalue weighted by Crippen LogP contribution is 2.41. The van der Waals surface area contributed by atoms with Crippen molar-refractivity contribution in [2.24, 2.45) is 0 Å². The Morgan fingerprint density at radius 3 is 1.82 bits per heavy atom. The second kappa shape index (κ2) is 4.88. The molecule has 22 heavy (non-hydrogen) atoms. The smallest absolute Gasteiger partial charge is 0.124 e. The Morgan fingerprint density at radius 2 is 1.14 bits per heavy atom. The van der Waals surface area contributed by atoms with Crippen molar-refractivity contribution in [3.05, 3.63) is 78.4 Å². The van der Waals surface area contributed by atoms with E-state index in [0.29, 0.717) is 5.75 Å². The molecule has 0 saturated carbocycles. The van der Waals surface area contributed by atoms with Gasteiger partial charge in [-0.3, -0.25) is 0 Å². The molecule has 0 aliphatic heterocycles. The molecule has 4 rings (SSSR count). The Balaban J connectivity index is 2.21. The van der Waals surface area contributed by atoms with Gasteiger partial charge in [-0.1, -0.05) is 66.7 Å². The van der Waals surface area contributed by atoms with E-state index < -0.39 is 0 Å². The van der Waals surface area contributed by atoms with Crippen LogP contribution in [0.1, 0.15) is 5.56 Å². The van der Waals surface area contributed by atoms with E-state index in [-0.39, 0.29) is 0 Å². The zero-order chi connectivity index (χ0) is 15.1. The monoisotopic (exact) mass is 284 g/mol. The molecule has 0 aromatic heterocycles. The highest BCUT2D eigenvalue weighted by molar-refractivity contribution is 6.08. The summed E-state index contributed by atoms with van der Waals surface area (Å²) >= 11 is 0. The van der Waals surface area contributed by atoms with Gasteiger partial charge in [0.05, 0.1) is 0 Å². The number of hydrogen-bond donors (Lipinski definition) is 1. The predicted octanol–water partition coefficient (Wildman–Crippen LogP) is 5.67. The molecule has 0 saturated heterocycles. The summed E-state index contributed by atoms with van der Waals surface area (Å²) in [6, 6.07) is 24.6. The van der Waals surface area contributed by atoms with E-state index in [2.05, 4.69) is 43.3 Å². The van der Waals surface area contributed by atoms with E-state index in [1.807, 2.05) is 30.3 Å². The van der Waals surface area contributed by atoms with Crippen LogP contribution in [0.25, 0.3) is 32.7 Å². The van der Waals surface area contributed by atoms with Crippen LogP contribution in [0.3, 0.4) is 0 Å². The normalized spacial score (nSPS) is 11.1. The van der Waals surface area contributed by atoms with Crippen molar-refractivity contribution in [2.75, 3.05) is 0 Å². The molecule has 0 unspecified atom stereocenters. The van der Waals surface area contributed by atoms with Crippen LogP contribution >= 0.6 is 0 Å². The molecule has 0 bridgehead atoms. The summed E-state index contributed by atoms with van der Waals surface area (Å²) in [5.74, 6) is 0.332. The van der Waals surface area contributed by atoms with Crippen LogP contribution in [0, 0.1) is 6.92 Å². The van der Waals surface area contributed by atoms with Gasteiger partial charge in [0.2, 0.25) is 0 Å². The van der Waals surface area contributed by atoms with Crippen molar-refractivity contribution >= 4 is 21.5 Å². The maximum atomic E-state index is 10.5. The molecule has 1 N–H and O–H groups in total. The number of fused-ring (bicyclic) bond motifs is 2. The summed E-state index contributed by atoms with van der Waals surface area (Å²) in [6.07, 6.45) is 0. The Hall–Kier alpha value is -2.80. The number of hydrogen-bond acceptors (Lipinski definition) is 1. The maximum Gasteiger partial charge on any atom is 0.124 e. The Bertz CT molecular complexity index is 916. The van der Waals surface area contributed by atoms with E-state index in [0.717, 1.165) is 21.9 Å². The van der Waals surface area contributed by atoms with Crippen LogP contribution in [-0.4, -0.2) is 5.11 Å². The van der Waals surface area contributed by atoms with Crippen LogP contribution in [0.5, 0.6) is 5.75 Å². The second-order valence-electron chi connectivity index (χ2n) is 5.66. The van der Waals surface area contributed by atoms with Crippen molar-refractivity contribution in [2.45, 2.75) is 6.92 Å². The minimum absolute atomic E-state index is 0.332. The molecule has 4 aromatic rings. The molecular formula is C21H16O. The number of rotatable bonds is 1. The highest BCUT2D eigenvalue weighted by atomic mass is 16.3. The minimum Gasteiger partial charge on any atom is -0.507 e. The van der Waals surface area contributed by atoms with E-state index in [1.54, 1.807) is 6.07 Å². The van der Waals surface area contributed by atoms with Crippen LogP contribution in [0.15, 0.2) is 72.8 Å². The van der Waals surface area contributed by atoms with Crippen LogP contribution < -0.4 is 0 Å². The van der Waals surface area contributed by atoms with Gasteiger partial charge < -0.3 is 5.11 Å². The molecule has 0 atom stereocenters. The molecule has 0 fully saturated rings. The van der Waals surface area contributed by atoms with Crippen LogP contribution in [0.2, 0.25) is 0 Å². The first-order valence-corrected chi connectivity index (χ1v) is 7.45. The Morgan fingerprint density at radius 1 is 0.591 bits per heavy atom. The quantitative estimate of drug-likeness (QED) is 0.477. The molecule has 0 aliphatic carbocycles. The van der Waals surface area contributed by atoms with Gasteiger partial charge >= 0.3 is 0 Å². The third-order valence-electron chi connectivity index (χ3n) is 4.29. The standard InChI is InChI=1S/C21H16O/c1-14-10-11-15-6-2-4-8-17(15)20(14)21-18-9-5-3-7-16(18)12-13-19(21)22/h2-13,22H,1H3. The van der Waals surface area contributed by atoms with Gasteiger partial charge in [-0.2, -0.15) is 0 Å². The zero-order valence-corrected chi connectivity index (χ0v) is 12.4. The summed E-state index contributed by atoms with van der Waals surface area (Å²) in [4.78, 5) is 0. The number of phenolic OH excluding ortho intramolecular Hbond substituents is 1. The first-order valence-electron chi connectivity index (χ1n) is 7.45. The third-order valence-corrected chi connectivity index (χ3v) is 4.29. The van der Waals surface area contributed by atoms with Crippen molar-refractivity contribution in [1.82, 2.24) is 0 Å². The van der Waals surface area contributed by atoms with Gasteiger partial charge in [0, 0.05) is 5.56 Å². The number of aryl methyl sites for hydroxylation is 1. The highest BCUT2D eigenvalue weighted by Gasteiger charge is 2.14. The lowest BCUT2D eigenvalue weighted by molar-refractivity contribution is 0.478. The lowest BCUT2D eigenvalue weighted by Gasteiger charge is -2.15. The molecule has 0 amide bonds. The zero-order valence-electron chi connectivity index (χ0n) is 12.4. The Kier molecular flexibility index (Phi) is 2.87. The summed E-state index contributed by atoms with van der Waals surface area (Å²) in [5.41, 5.74) is 3.21. The SMILES string of the molecule is Cc1ccc2ccccc2c1-c1c(O)ccc2ccccc12. The first-order chi connectivity index (χ1) is 10.8. The fourth-order valence-corrected chi connectivity index (χ4v) is 3.24. The van der Waals surface area contributed by atoms with E-state index in [9.17, 15) is 5.11 Å². The molecule has 1 heteroatoms. The number of phenols is 1. The van der Waals surface area contributed by atoms with Gasteiger partial charge in [-0.15, -0.1) is 0 Å². The molecule has 0 heterocycles. The second-order valence-corrected chi connectivity index (χ2v) is 5.66. The average Bonchev–Trinajstić information content (AvgIpc) is 2.56. The van der Waals surface area contributed by atoms with Gasteiger partial charge in [-0.25, -0.2) is 0 Å². The predicted molar refractivity (Wildman–Crippen MR) is 93.3 cm³/mol. The van der Waals surface area contributed by atoms with Gasteiger partial charge in [-0.05, 0) is 45.7 Å². The molecule has 0 aliphatic rings. The van der Waals surface area contributed by atoms with Crippen molar-refractivity contribution in [3.63, 3.8) is 0 Å². The van der Waals surface area contributed by atoms with E-state index in [1.165, 1.54) is 16.3 Å². The van der Waals surface area contributed by atoms with Gasteiger partial charge in [0.15, 0.2) is 0 Å². The number of benzene rings is 4. The van der Waals surface area contributed by atoms with Gasteiger partial charge in [0.25, 0.3) is 0 Å². The van der Waals surface area contributed by atoms with Gasteiger partial charge in [0.1, 0.15) is 5.75 Å². The molecule has 106 valence electrons. The number of aromatic hydroxyl groups is 1. The average molecular weight is 284 g/mol.